The molecular weight excluding hydrogens is 282 g/mol. The summed E-state index contributed by atoms with van der Waals surface area (Å²) in [6.45, 7) is 8.47. The molecule has 0 amide bonds. The number of anilines is 2. The quantitative estimate of drug-likeness (QED) is 0.860. The lowest BCUT2D eigenvalue weighted by Crippen LogP contribution is -2.48. The molecule has 0 radical (unpaired) electrons. The Balaban J connectivity index is 1.92. The lowest BCUT2D eigenvalue weighted by atomic mass is 9.98. The van der Waals surface area contributed by atoms with Crippen LogP contribution in [-0.2, 0) is 9.63 Å². The summed E-state index contributed by atoms with van der Waals surface area (Å²) in [5.41, 5.74) is 7.15. The Labute approximate surface area is 131 Å². The Morgan fingerprint density at radius 1 is 1.18 bits per heavy atom. The van der Waals surface area contributed by atoms with Crippen LogP contribution in [0.15, 0.2) is 18.2 Å². The van der Waals surface area contributed by atoms with Gasteiger partial charge in [-0.15, -0.1) is 5.06 Å². The highest BCUT2D eigenvalue weighted by Crippen LogP contribution is 2.27. The average molecular weight is 307 g/mol. The summed E-state index contributed by atoms with van der Waals surface area (Å²) >= 11 is 0. The monoisotopic (exact) mass is 307 g/mol. The van der Waals surface area contributed by atoms with Crippen LogP contribution in [0.3, 0.4) is 0 Å². The lowest BCUT2D eigenvalue weighted by molar-refractivity contribution is -0.201. The molecule has 22 heavy (non-hydrogen) atoms. The molecule has 1 heterocycles. The molecule has 0 spiro atoms. The molecule has 1 fully saturated rings. The first-order valence-electron chi connectivity index (χ1n) is 7.47. The molecule has 6 heteroatoms. The molecule has 6 nitrogen and oxygen atoms in total. The molecule has 0 bridgehead atoms. The number of ether oxygens (including phenoxy) is 1. The summed E-state index contributed by atoms with van der Waals surface area (Å²) in [7, 11) is 1.60. The van der Waals surface area contributed by atoms with E-state index < -0.39 is 5.41 Å². The molecule has 0 atom stereocenters. The molecule has 2 N–H and O–H groups in total. The van der Waals surface area contributed by atoms with Gasteiger partial charge in [-0.1, -0.05) is 0 Å². The van der Waals surface area contributed by atoms with Crippen molar-refractivity contribution >= 4 is 17.3 Å². The molecule has 0 saturated carbocycles. The molecular formula is C16H25N3O3. The van der Waals surface area contributed by atoms with Gasteiger partial charge in [0.1, 0.15) is 5.75 Å². The first-order chi connectivity index (χ1) is 10.3. The van der Waals surface area contributed by atoms with Crippen LogP contribution in [0.4, 0.5) is 11.4 Å². The normalized spacial score (nSPS) is 16.5. The number of hydrogen-bond donors (Lipinski definition) is 1. The van der Waals surface area contributed by atoms with E-state index in [0.29, 0.717) is 24.5 Å². The van der Waals surface area contributed by atoms with Gasteiger partial charge in [0.25, 0.3) is 0 Å². The number of nitrogens with two attached hydrogens (primary N) is 1. The van der Waals surface area contributed by atoms with E-state index in [2.05, 4.69) is 4.90 Å². The van der Waals surface area contributed by atoms with E-state index in [1.807, 2.05) is 39.0 Å². The summed E-state index contributed by atoms with van der Waals surface area (Å²) < 4.78 is 5.17. The Kier molecular flexibility index (Phi) is 4.81. The van der Waals surface area contributed by atoms with Crippen molar-refractivity contribution in [3.63, 3.8) is 0 Å². The molecule has 1 aromatic carbocycles. The molecule has 0 aromatic heterocycles. The number of rotatable bonds is 3. The highest BCUT2D eigenvalue weighted by atomic mass is 16.7. The van der Waals surface area contributed by atoms with Crippen LogP contribution in [-0.4, -0.2) is 44.3 Å². The predicted octanol–water partition coefficient (Wildman–Crippen LogP) is 1.90. The zero-order valence-corrected chi connectivity index (χ0v) is 13.8. The van der Waals surface area contributed by atoms with Crippen molar-refractivity contribution in [2.45, 2.75) is 20.8 Å². The third kappa shape index (κ3) is 3.82. The number of methoxy groups -OCH3 is 1. The van der Waals surface area contributed by atoms with Crippen molar-refractivity contribution in [2.24, 2.45) is 5.41 Å². The highest BCUT2D eigenvalue weighted by molar-refractivity contribution is 5.75. The van der Waals surface area contributed by atoms with Crippen LogP contribution in [0.1, 0.15) is 20.8 Å². The van der Waals surface area contributed by atoms with Crippen molar-refractivity contribution in [3.8, 4) is 5.75 Å². The van der Waals surface area contributed by atoms with Gasteiger partial charge in [0.2, 0.25) is 0 Å². The zero-order valence-electron chi connectivity index (χ0n) is 13.8. The fourth-order valence-electron chi connectivity index (χ4n) is 2.21. The van der Waals surface area contributed by atoms with Crippen molar-refractivity contribution in [2.75, 3.05) is 43.9 Å². The molecule has 1 aliphatic heterocycles. The summed E-state index contributed by atoms with van der Waals surface area (Å²) in [4.78, 5) is 19.5. The number of benzene rings is 1. The predicted molar refractivity (Wildman–Crippen MR) is 86.7 cm³/mol. The molecule has 122 valence electrons. The second kappa shape index (κ2) is 6.44. The van der Waals surface area contributed by atoms with Crippen LogP contribution in [0.25, 0.3) is 0 Å². The van der Waals surface area contributed by atoms with Gasteiger partial charge in [-0.25, -0.2) is 4.79 Å². The Morgan fingerprint density at radius 3 is 2.32 bits per heavy atom. The van der Waals surface area contributed by atoms with E-state index in [9.17, 15) is 4.79 Å². The number of nitrogen functional groups attached to an aromatic ring is 1. The minimum atomic E-state index is -0.485. The minimum Gasteiger partial charge on any atom is -0.495 e. The summed E-state index contributed by atoms with van der Waals surface area (Å²) in [6, 6.07) is 5.78. The van der Waals surface area contributed by atoms with Crippen LogP contribution in [0, 0.1) is 5.41 Å². The van der Waals surface area contributed by atoms with Crippen LogP contribution in [0.2, 0.25) is 0 Å². The molecule has 0 unspecified atom stereocenters. The van der Waals surface area contributed by atoms with E-state index >= 15 is 0 Å². The van der Waals surface area contributed by atoms with Crippen molar-refractivity contribution < 1.29 is 14.4 Å². The van der Waals surface area contributed by atoms with Gasteiger partial charge in [0.15, 0.2) is 0 Å². The number of hydrogen-bond acceptors (Lipinski definition) is 6. The Bertz CT molecular complexity index is 532. The lowest BCUT2D eigenvalue weighted by Gasteiger charge is -2.35. The van der Waals surface area contributed by atoms with E-state index in [0.717, 1.165) is 18.8 Å². The van der Waals surface area contributed by atoms with Crippen LogP contribution in [0.5, 0.6) is 5.75 Å². The molecule has 2 rings (SSSR count). The standard InChI is InChI=1S/C16H25N3O3/c1-16(2,3)15(20)22-19-9-7-18(8-10-19)12-5-6-14(21-4)13(17)11-12/h5-6,11H,7-10,17H2,1-4H3. The first kappa shape index (κ1) is 16.4. The van der Waals surface area contributed by atoms with Crippen molar-refractivity contribution in [1.29, 1.82) is 0 Å². The number of hydroxylamine groups is 2. The number of carbonyl (C=O) groups excluding carboxylic acids is 1. The van der Waals surface area contributed by atoms with E-state index in [4.69, 9.17) is 15.3 Å². The van der Waals surface area contributed by atoms with Crippen molar-refractivity contribution in [3.05, 3.63) is 18.2 Å². The largest absolute Gasteiger partial charge is 0.495 e. The third-order valence-corrected chi connectivity index (χ3v) is 3.64. The maximum absolute atomic E-state index is 11.9. The summed E-state index contributed by atoms with van der Waals surface area (Å²) in [5.74, 6) is 0.483. The molecule has 1 saturated heterocycles. The van der Waals surface area contributed by atoms with Gasteiger partial charge in [0, 0.05) is 18.8 Å². The van der Waals surface area contributed by atoms with Gasteiger partial charge < -0.3 is 20.2 Å². The maximum atomic E-state index is 11.9. The number of nitrogens with zero attached hydrogens (tertiary/aromatic N) is 2. The summed E-state index contributed by atoms with van der Waals surface area (Å²) in [5, 5.41) is 1.73. The van der Waals surface area contributed by atoms with Gasteiger partial charge in [-0.3, -0.25) is 0 Å². The Morgan fingerprint density at radius 2 is 1.82 bits per heavy atom. The second-order valence-corrected chi connectivity index (χ2v) is 6.47. The fourth-order valence-corrected chi connectivity index (χ4v) is 2.21. The van der Waals surface area contributed by atoms with Gasteiger partial charge in [0.05, 0.1) is 31.3 Å². The second-order valence-electron chi connectivity index (χ2n) is 6.47. The topological polar surface area (TPSA) is 68.0 Å². The third-order valence-electron chi connectivity index (χ3n) is 3.64. The average Bonchev–Trinajstić information content (AvgIpc) is 2.47. The number of piperazine rings is 1. The van der Waals surface area contributed by atoms with Crippen LogP contribution < -0.4 is 15.4 Å². The van der Waals surface area contributed by atoms with Crippen LogP contribution >= 0.6 is 0 Å². The van der Waals surface area contributed by atoms with Gasteiger partial charge in [-0.05, 0) is 39.0 Å². The smallest absolute Gasteiger partial charge is 0.330 e. The van der Waals surface area contributed by atoms with Crippen molar-refractivity contribution in [1.82, 2.24) is 5.06 Å². The molecule has 0 aliphatic carbocycles. The number of carbonyl (C=O) groups is 1. The van der Waals surface area contributed by atoms with E-state index in [1.165, 1.54) is 0 Å². The zero-order chi connectivity index (χ0) is 16.3. The van der Waals surface area contributed by atoms with Gasteiger partial charge in [-0.2, -0.15) is 0 Å². The fraction of sp³-hybridized carbons (Fsp3) is 0.562. The molecule has 1 aliphatic rings. The highest BCUT2D eigenvalue weighted by Gasteiger charge is 2.27. The minimum absolute atomic E-state index is 0.199. The van der Waals surface area contributed by atoms with E-state index in [1.54, 1.807) is 12.2 Å². The van der Waals surface area contributed by atoms with E-state index in [-0.39, 0.29) is 5.97 Å². The summed E-state index contributed by atoms with van der Waals surface area (Å²) in [6.07, 6.45) is 0. The first-order valence-corrected chi connectivity index (χ1v) is 7.47. The van der Waals surface area contributed by atoms with Gasteiger partial charge >= 0.3 is 5.97 Å². The SMILES string of the molecule is COc1ccc(N2CCN(OC(=O)C(C)(C)C)CC2)cc1N. The Hall–Kier alpha value is -1.95. The molecule has 1 aromatic rings. The maximum Gasteiger partial charge on any atom is 0.330 e.